The van der Waals surface area contributed by atoms with E-state index in [1.54, 1.807) is 0 Å². The van der Waals surface area contributed by atoms with Crippen LogP contribution in [0.2, 0.25) is 0 Å². The molecule has 13 heavy (non-hydrogen) atoms. The first-order valence-electron chi connectivity index (χ1n) is 4.54. The van der Waals surface area contributed by atoms with Gasteiger partial charge in [-0.2, -0.15) is 17.4 Å². The number of rotatable bonds is 3. The summed E-state index contributed by atoms with van der Waals surface area (Å²) in [7, 11) is -3.20. The van der Waals surface area contributed by atoms with Crippen molar-refractivity contribution in [3.8, 4) is 0 Å². The van der Waals surface area contributed by atoms with Gasteiger partial charge in [0.2, 0.25) is 0 Å². The van der Waals surface area contributed by atoms with Crippen LogP contribution in [0.3, 0.4) is 0 Å². The Morgan fingerprint density at radius 3 is 2.62 bits per heavy atom. The van der Waals surface area contributed by atoms with Crippen LogP contribution < -0.4 is 4.72 Å². The van der Waals surface area contributed by atoms with Crippen LogP contribution in [-0.2, 0) is 14.9 Å². The molecule has 1 unspecified atom stereocenters. The van der Waals surface area contributed by atoms with E-state index >= 15 is 0 Å². The lowest BCUT2D eigenvalue weighted by Crippen LogP contribution is -2.51. The van der Waals surface area contributed by atoms with Crippen molar-refractivity contribution < 1.29 is 13.2 Å². The first-order chi connectivity index (χ1) is 6.18. The topological polar surface area (TPSA) is 58.6 Å². The van der Waals surface area contributed by atoms with Gasteiger partial charge in [0.1, 0.15) is 0 Å². The van der Waals surface area contributed by atoms with E-state index in [0.29, 0.717) is 26.3 Å². The van der Waals surface area contributed by atoms with Crippen LogP contribution in [0.15, 0.2) is 0 Å². The van der Waals surface area contributed by atoms with Crippen LogP contribution in [0.5, 0.6) is 0 Å². The predicted octanol–water partition coefficient (Wildman–Crippen LogP) is -0.685. The number of nitrogens with one attached hydrogen (secondary N) is 1. The van der Waals surface area contributed by atoms with E-state index in [-0.39, 0.29) is 6.04 Å². The summed E-state index contributed by atoms with van der Waals surface area (Å²) < 4.78 is 32.2. The molecule has 2 saturated heterocycles. The molecule has 2 fully saturated rings. The summed E-state index contributed by atoms with van der Waals surface area (Å²) >= 11 is 0. The van der Waals surface area contributed by atoms with Crippen LogP contribution in [0.4, 0.5) is 0 Å². The maximum Gasteiger partial charge on any atom is 0.279 e. The summed E-state index contributed by atoms with van der Waals surface area (Å²) in [5, 5.41) is 0. The van der Waals surface area contributed by atoms with Crippen molar-refractivity contribution in [1.82, 2.24) is 9.03 Å². The number of nitrogens with zero attached hydrogens (tertiary/aromatic N) is 1. The average molecular weight is 206 g/mol. The summed E-state index contributed by atoms with van der Waals surface area (Å²) in [6.45, 7) is 2.48. The number of hydrogen-bond acceptors (Lipinski definition) is 3. The average Bonchev–Trinajstić information content (AvgIpc) is 2.32. The van der Waals surface area contributed by atoms with Crippen molar-refractivity contribution in [2.75, 3.05) is 26.3 Å². The molecule has 0 amide bonds. The molecular weight excluding hydrogens is 192 g/mol. The number of hydrogen-bond donors (Lipinski definition) is 1. The SMILES string of the molecule is O=S(=O)(NC1CCOC1)N1CCC1. The lowest BCUT2D eigenvalue weighted by atomic mass is 10.3. The fourth-order valence-corrected chi connectivity index (χ4v) is 2.94. The molecule has 2 aliphatic rings. The van der Waals surface area contributed by atoms with E-state index in [2.05, 4.69) is 4.72 Å². The van der Waals surface area contributed by atoms with E-state index in [9.17, 15) is 8.42 Å². The Hall–Kier alpha value is -0.170. The van der Waals surface area contributed by atoms with E-state index in [0.717, 1.165) is 12.8 Å². The Bertz CT molecular complexity index is 267. The maximum absolute atomic E-state index is 11.5. The zero-order valence-electron chi connectivity index (χ0n) is 7.40. The van der Waals surface area contributed by atoms with Gasteiger partial charge in [-0.3, -0.25) is 0 Å². The van der Waals surface area contributed by atoms with Gasteiger partial charge in [0.05, 0.1) is 6.61 Å². The third kappa shape index (κ3) is 2.01. The summed E-state index contributed by atoms with van der Waals surface area (Å²) in [5.41, 5.74) is 0. The fraction of sp³-hybridized carbons (Fsp3) is 1.00. The van der Waals surface area contributed by atoms with Gasteiger partial charge < -0.3 is 4.74 Å². The second kappa shape index (κ2) is 3.53. The minimum atomic E-state index is -3.20. The van der Waals surface area contributed by atoms with E-state index in [1.165, 1.54) is 4.31 Å². The fourth-order valence-electron chi connectivity index (χ4n) is 1.44. The van der Waals surface area contributed by atoms with Crippen molar-refractivity contribution >= 4 is 10.2 Å². The van der Waals surface area contributed by atoms with Crippen molar-refractivity contribution in [2.24, 2.45) is 0 Å². The lowest BCUT2D eigenvalue weighted by Gasteiger charge is -2.30. The molecule has 1 atom stereocenters. The highest BCUT2D eigenvalue weighted by molar-refractivity contribution is 7.87. The molecule has 0 aromatic rings. The molecule has 0 aromatic carbocycles. The predicted molar refractivity (Wildman–Crippen MR) is 47.5 cm³/mol. The van der Waals surface area contributed by atoms with Gasteiger partial charge in [0.25, 0.3) is 10.2 Å². The summed E-state index contributed by atoms with van der Waals surface area (Å²) in [6.07, 6.45) is 1.76. The monoisotopic (exact) mass is 206 g/mol. The lowest BCUT2D eigenvalue weighted by molar-refractivity contribution is 0.192. The van der Waals surface area contributed by atoms with E-state index in [1.807, 2.05) is 0 Å². The molecule has 0 aliphatic carbocycles. The summed E-state index contributed by atoms with van der Waals surface area (Å²) in [4.78, 5) is 0. The van der Waals surface area contributed by atoms with Crippen molar-refractivity contribution in [3.05, 3.63) is 0 Å². The van der Waals surface area contributed by atoms with Crippen LogP contribution >= 0.6 is 0 Å². The van der Waals surface area contributed by atoms with Crippen molar-refractivity contribution in [1.29, 1.82) is 0 Å². The van der Waals surface area contributed by atoms with Gasteiger partial charge in [0.15, 0.2) is 0 Å². The Labute approximate surface area is 78.2 Å². The molecule has 0 radical (unpaired) electrons. The minimum Gasteiger partial charge on any atom is -0.380 e. The van der Waals surface area contributed by atoms with Crippen LogP contribution in [0.1, 0.15) is 12.8 Å². The van der Waals surface area contributed by atoms with Gasteiger partial charge in [-0.1, -0.05) is 0 Å². The van der Waals surface area contributed by atoms with Gasteiger partial charge in [-0.25, -0.2) is 0 Å². The van der Waals surface area contributed by atoms with E-state index < -0.39 is 10.2 Å². The Morgan fingerprint density at radius 1 is 1.38 bits per heavy atom. The highest BCUT2D eigenvalue weighted by Crippen LogP contribution is 2.13. The highest BCUT2D eigenvalue weighted by atomic mass is 32.2. The minimum absolute atomic E-state index is 0.0226. The van der Waals surface area contributed by atoms with Crippen LogP contribution in [0, 0.1) is 0 Å². The van der Waals surface area contributed by atoms with Crippen LogP contribution in [0.25, 0.3) is 0 Å². The summed E-state index contributed by atoms with van der Waals surface area (Å²) in [5.74, 6) is 0. The normalized spacial score (nSPS) is 30.3. The third-order valence-electron chi connectivity index (χ3n) is 2.40. The standard InChI is InChI=1S/C7H14N2O3S/c10-13(11,9-3-1-4-9)8-7-2-5-12-6-7/h7-8H,1-6H2. The zero-order chi connectivity index (χ0) is 9.31. The zero-order valence-corrected chi connectivity index (χ0v) is 8.22. The Kier molecular flexibility index (Phi) is 2.55. The largest absolute Gasteiger partial charge is 0.380 e. The molecular formula is C7H14N2O3S. The molecule has 0 saturated carbocycles. The van der Waals surface area contributed by atoms with Gasteiger partial charge >= 0.3 is 0 Å². The van der Waals surface area contributed by atoms with Gasteiger partial charge in [-0.15, -0.1) is 0 Å². The molecule has 0 aromatic heterocycles. The van der Waals surface area contributed by atoms with Crippen molar-refractivity contribution in [3.63, 3.8) is 0 Å². The second-order valence-electron chi connectivity index (χ2n) is 3.44. The molecule has 2 aliphatic heterocycles. The van der Waals surface area contributed by atoms with Gasteiger partial charge in [-0.05, 0) is 12.8 Å². The molecule has 2 heterocycles. The molecule has 0 spiro atoms. The maximum atomic E-state index is 11.5. The number of ether oxygens (including phenoxy) is 1. The summed E-state index contributed by atoms with van der Waals surface area (Å²) in [6, 6.07) is -0.0226. The molecule has 1 N–H and O–H groups in total. The second-order valence-corrected chi connectivity index (χ2v) is 5.14. The van der Waals surface area contributed by atoms with E-state index in [4.69, 9.17) is 4.74 Å². The quantitative estimate of drug-likeness (QED) is 0.665. The molecule has 5 nitrogen and oxygen atoms in total. The Balaban J connectivity index is 1.91. The first-order valence-corrected chi connectivity index (χ1v) is 5.98. The van der Waals surface area contributed by atoms with Crippen LogP contribution in [-0.4, -0.2) is 45.1 Å². The van der Waals surface area contributed by atoms with Gasteiger partial charge in [0, 0.05) is 25.7 Å². The third-order valence-corrected chi connectivity index (χ3v) is 4.08. The highest BCUT2D eigenvalue weighted by Gasteiger charge is 2.30. The van der Waals surface area contributed by atoms with Crippen molar-refractivity contribution in [2.45, 2.75) is 18.9 Å². The molecule has 76 valence electrons. The molecule has 6 heteroatoms. The molecule has 2 rings (SSSR count). The first kappa shape index (κ1) is 9.39. The smallest absolute Gasteiger partial charge is 0.279 e. The Morgan fingerprint density at radius 2 is 2.15 bits per heavy atom. The molecule has 0 bridgehead atoms.